The average Bonchev–Trinajstić information content (AvgIpc) is 2.27. The number of aliphatic hydroxyl groups is 1. The first-order valence-corrected chi connectivity index (χ1v) is 7.77. The molecule has 4 nitrogen and oxygen atoms in total. The molecule has 1 rings (SSSR count). The second-order valence-electron chi connectivity index (χ2n) is 6.90. The first-order valence-electron chi connectivity index (χ1n) is 7.77. The van der Waals surface area contributed by atoms with Gasteiger partial charge in [0.15, 0.2) is 0 Å². The van der Waals surface area contributed by atoms with Gasteiger partial charge in [0.2, 0.25) is 0 Å². The van der Waals surface area contributed by atoms with E-state index >= 15 is 0 Å². The van der Waals surface area contributed by atoms with Gasteiger partial charge in [-0.1, -0.05) is 26.7 Å². The maximum atomic E-state index is 11.3. The predicted octanol–water partition coefficient (Wildman–Crippen LogP) is 3.37. The maximum absolute atomic E-state index is 11.3. The van der Waals surface area contributed by atoms with E-state index in [-0.39, 0.29) is 0 Å². The summed E-state index contributed by atoms with van der Waals surface area (Å²) in [6, 6.07) is 0. The highest BCUT2D eigenvalue weighted by Gasteiger charge is 2.55. The third-order valence-corrected chi connectivity index (χ3v) is 4.85. The van der Waals surface area contributed by atoms with Crippen LogP contribution in [0.25, 0.3) is 0 Å². The van der Waals surface area contributed by atoms with Crippen molar-refractivity contribution in [2.24, 2.45) is 5.92 Å². The molecule has 1 saturated heterocycles. The highest BCUT2D eigenvalue weighted by atomic mass is 16.5. The summed E-state index contributed by atoms with van der Waals surface area (Å²) in [5.74, 6) is -1.32. The van der Waals surface area contributed by atoms with Gasteiger partial charge in [-0.15, -0.1) is 0 Å². The van der Waals surface area contributed by atoms with E-state index in [0.717, 1.165) is 12.8 Å². The van der Waals surface area contributed by atoms with Crippen LogP contribution in [0.15, 0.2) is 0 Å². The van der Waals surface area contributed by atoms with Crippen molar-refractivity contribution < 1.29 is 19.7 Å². The molecule has 0 spiro atoms. The number of hydrogen-bond donors (Lipinski definition) is 2. The van der Waals surface area contributed by atoms with Crippen LogP contribution in [0, 0.1) is 5.92 Å². The van der Waals surface area contributed by atoms with E-state index in [1.807, 2.05) is 20.8 Å². The number of rotatable bonds is 6. The third-order valence-electron chi connectivity index (χ3n) is 4.85. The molecule has 20 heavy (non-hydrogen) atoms. The minimum absolute atomic E-state index is 0.511. The van der Waals surface area contributed by atoms with Crippen LogP contribution < -0.4 is 0 Å². The normalized spacial score (nSPS) is 30.2. The number of carbonyl (C=O) groups is 1. The van der Waals surface area contributed by atoms with E-state index in [0.29, 0.717) is 25.7 Å². The van der Waals surface area contributed by atoms with Gasteiger partial charge in [-0.2, -0.15) is 0 Å². The summed E-state index contributed by atoms with van der Waals surface area (Å²) in [6.45, 7) is 9.69. The molecular formula is C16H30O4. The van der Waals surface area contributed by atoms with Gasteiger partial charge in [0.1, 0.15) is 0 Å². The molecule has 118 valence electrons. The number of carboxylic acid groups (broad SMARTS) is 1. The van der Waals surface area contributed by atoms with Crippen LogP contribution in [0.1, 0.15) is 73.1 Å². The molecule has 0 saturated carbocycles. The first-order chi connectivity index (χ1) is 9.12. The topological polar surface area (TPSA) is 66.8 Å². The van der Waals surface area contributed by atoms with Gasteiger partial charge < -0.3 is 14.9 Å². The maximum Gasteiger partial charge on any atom is 0.309 e. The van der Waals surface area contributed by atoms with Crippen molar-refractivity contribution in [1.82, 2.24) is 0 Å². The Morgan fingerprint density at radius 1 is 1.25 bits per heavy atom. The zero-order valence-electron chi connectivity index (χ0n) is 13.5. The van der Waals surface area contributed by atoms with Gasteiger partial charge in [0, 0.05) is 0 Å². The molecular weight excluding hydrogens is 256 g/mol. The molecule has 0 unspecified atom stereocenters. The summed E-state index contributed by atoms with van der Waals surface area (Å²) in [6.07, 6.45) is 4.28. The Bertz CT molecular complexity index is 344. The molecule has 0 radical (unpaired) electrons. The molecule has 0 amide bonds. The quantitative estimate of drug-likeness (QED) is 0.785. The van der Waals surface area contributed by atoms with Gasteiger partial charge in [-0.05, 0) is 46.5 Å². The van der Waals surface area contributed by atoms with Crippen LogP contribution in [0.2, 0.25) is 0 Å². The van der Waals surface area contributed by atoms with E-state index in [4.69, 9.17) is 4.74 Å². The lowest BCUT2D eigenvalue weighted by Crippen LogP contribution is -2.62. The van der Waals surface area contributed by atoms with Crippen molar-refractivity contribution in [1.29, 1.82) is 0 Å². The smallest absolute Gasteiger partial charge is 0.309 e. The first kappa shape index (κ1) is 17.4. The number of aliphatic carboxylic acids is 1. The number of hydrogen-bond acceptors (Lipinski definition) is 3. The predicted molar refractivity (Wildman–Crippen MR) is 78.7 cm³/mol. The zero-order chi connectivity index (χ0) is 15.6. The molecule has 4 heteroatoms. The second-order valence-corrected chi connectivity index (χ2v) is 6.90. The minimum Gasteiger partial charge on any atom is -0.481 e. The molecule has 1 aliphatic rings. The minimum atomic E-state index is -0.878. The summed E-state index contributed by atoms with van der Waals surface area (Å²) in [7, 11) is 0. The third kappa shape index (κ3) is 3.17. The van der Waals surface area contributed by atoms with Gasteiger partial charge in [0.25, 0.3) is 0 Å². The Kier molecular flexibility index (Phi) is 5.25. The SMILES string of the molecule is CCCC(O)(CCC)[C@]1(C)CC[C@H](C(=O)O)C(C)(C)O1. The Morgan fingerprint density at radius 3 is 2.10 bits per heavy atom. The highest BCUT2D eigenvalue weighted by molar-refractivity contribution is 5.71. The molecule has 1 heterocycles. The lowest BCUT2D eigenvalue weighted by molar-refractivity contribution is -0.267. The van der Waals surface area contributed by atoms with Crippen molar-refractivity contribution in [3.63, 3.8) is 0 Å². The second kappa shape index (κ2) is 6.02. The fourth-order valence-electron chi connectivity index (χ4n) is 3.70. The van der Waals surface area contributed by atoms with Crippen molar-refractivity contribution in [3.05, 3.63) is 0 Å². The van der Waals surface area contributed by atoms with Crippen LogP contribution in [0.4, 0.5) is 0 Å². The number of carboxylic acids is 1. The van der Waals surface area contributed by atoms with E-state index < -0.39 is 28.7 Å². The molecule has 0 aromatic carbocycles. The molecule has 0 aromatic heterocycles. The fraction of sp³-hybridized carbons (Fsp3) is 0.938. The van der Waals surface area contributed by atoms with Gasteiger partial charge in [-0.25, -0.2) is 0 Å². The van der Waals surface area contributed by atoms with Crippen molar-refractivity contribution in [2.75, 3.05) is 0 Å². The largest absolute Gasteiger partial charge is 0.481 e. The summed E-state index contributed by atoms with van der Waals surface area (Å²) in [4.78, 5) is 11.3. The molecule has 2 N–H and O–H groups in total. The van der Waals surface area contributed by atoms with Crippen LogP contribution in [0.5, 0.6) is 0 Å². The lowest BCUT2D eigenvalue weighted by Gasteiger charge is -2.54. The van der Waals surface area contributed by atoms with Gasteiger partial charge in [0.05, 0.1) is 22.7 Å². The fourth-order valence-corrected chi connectivity index (χ4v) is 3.70. The zero-order valence-corrected chi connectivity index (χ0v) is 13.5. The van der Waals surface area contributed by atoms with E-state index in [9.17, 15) is 15.0 Å². The van der Waals surface area contributed by atoms with Gasteiger partial charge in [-0.3, -0.25) is 4.79 Å². The van der Waals surface area contributed by atoms with E-state index in [1.165, 1.54) is 0 Å². The molecule has 0 aromatic rings. The van der Waals surface area contributed by atoms with Crippen LogP contribution in [-0.4, -0.2) is 33.0 Å². The molecule has 1 fully saturated rings. The van der Waals surface area contributed by atoms with Crippen molar-refractivity contribution in [3.8, 4) is 0 Å². The van der Waals surface area contributed by atoms with Crippen LogP contribution in [-0.2, 0) is 9.53 Å². The van der Waals surface area contributed by atoms with E-state index in [1.54, 1.807) is 0 Å². The molecule has 1 aliphatic heterocycles. The van der Waals surface area contributed by atoms with Crippen LogP contribution in [0.3, 0.4) is 0 Å². The average molecular weight is 286 g/mol. The Balaban J connectivity index is 3.02. The van der Waals surface area contributed by atoms with Crippen molar-refractivity contribution >= 4 is 5.97 Å². The summed E-state index contributed by atoms with van der Waals surface area (Å²) >= 11 is 0. The lowest BCUT2D eigenvalue weighted by atomic mass is 9.69. The highest BCUT2D eigenvalue weighted by Crippen LogP contribution is 2.47. The van der Waals surface area contributed by atoms with E-state index in [2.05, 4.69) is 13.8 Å². The summed E-state index contributed by atoms with van der Waals surface area (Å²) in [5, 5.41) is 20.4. The molecule has 0 bridgehead atoms. The van der Waals surface area contributed by atoms with Gasteiger partial charge >= 0.3 is 5.97 Å². The standard InChI is InChI=1S/C16H30O4/c1-6-9-16(19,10-7-2)15(5)11-8-12(13(17)18)14(3,4)20-15/h12,19H,6-11H2,1-5H3,(H,17,18)/t12-,15+/m1/s1. The molecule has 2 atom stereocenters. The Hall–Kier alpha value is -0.610. The summed E-state index contributed by atoms with van der Waals surface area (Å²) in [5.41, 5.74) is -2.31. The monoisotopic (exact) mass is 286 g/mol. The molecule has 0 aliphatic carbocycles. The Labute approximate surface area is 122 Å². The number of ether oxygens (including phenoxy) is 1. The Morgan fingerprint density at radius 2 is 1.75 bits per heavy atom. The summed E-state index contributed by atoms with van der Waals surface area (Å²) < 4.78 is 6.17. The van der Waals surface area contributed by atoms with Crippen LogP contribution >= 0.6 is 0 Å². The van der Waals surface area contributed by atoms with Crippen molar-refractivity contribution in [2.45, 2.75) is 89.9 Å².